The largest absolute Gasteiger partial charge is 0.421 e. The Balaban J connectivity index is 1.54. The quantitative estimate of drug-likeness (QED) is 0.516. The molecule has 0 spiro atoms. The van der Waals surface area contributed by atoms with Crippen molar-refractivity contribution in [2.45, 2.75) is 36.7 Å². The van der Waals surface area contributed by atoms with E-state index in [1.807, 2.05) is 12.1 Å². The molecule has 2 fully saturated rings. The first kappa shape index (κ1) is 21.9. The smallest absolute Gasteiger partial charge is 0.370 e. The van der Waals surface area contributed by atoms with Crippen LogP contribution >= 0.6 is 11.6 Å². The van der Waals surface area contributed by atoms with E-state index in [1.54, 1.807) is 12.1 Å². The third-order valence-corrected chi connectivity index (χ3v) is 5.76. The minimum absolute atomic E-state index is 0.0905. The summed E-state index contributed by atoms with van der Waals surface area (Å²) in [5, 5.41) is 2.96. The molecule has 0 saturated carbocycles. The van der Waals surface area contributed by atoms with Gasteiger partial charge in [-0.1, -0.05) is 0 Å². The highest BCUT2D eigenvalue weighted by atomic mass is 35.5. The highest BCUT2D eigenvalue weighted by Gasteiger charge is 2.41. The SMILES string of the molecule is F[C@H]1CN(c2nc(Nc3ccc(N4CCCC(Cl)C4)cc3)ncc2C(F)(F)F)C[C@@H]1F. The zero-order valence-electron chi connectivity index (χ0n) is 16.4. The van der Waals surface area contributed by atoms with Crippen molar-refractivity contribution in [1.29, 1.82) is 0 Å². The summed E-state index contributed by atoms with van der Waals surface area (Å²) in [6.07, 6.45) is -5.85. The molecule has 1 N–H and O–H groups in total. The van der Waals surface area contributed by atoms with E-state index < -0.39 is 43.0 Å². The van der Waals surface area contributed by atoms with Gasteiger partial charge in [-0.15, -0.1) is 11.6 Å². The van der Waals surface area contributed by atoms with Crippen LogP contribution in [0.15, 0.2) is 30.5 Å². The van der Waals surface area contributed by atoms with Gasteiger partial charge in [-0.2, -0.15) is 18.2 Å². The Hall–Kier alpha value is -2.36. The van der Waals surface area contributed by atoms with Crippen LogP contribution < -0.4 is 15.1 Å². The van der Waals surface area contributed by atoms with Crippen molar-refractivity contribution >= 4 is 34.7 Å². The third-order valence-electron chi connectivity index (χ3n) is 5.41. The first-order valence-corrected chi connectivity index (χ1v) is 10.4. The Labute approximate surface area is 181 Å². The van der Waals surface area contributed by atoms with Gasteiger partial charge in [0.25, 0.3) is 0 Å². The number of nitrogens with one attached hydrogen (secondary N) is 1. The van der Waals surface area contributed by atoms with Crippen LogP contribution in [-0.2, 0) is 6.18 Å². The highest BCUT2D eigenvalue weighted by Crippen LogP contribution is 2.37. The molecular formula is C20H21ClF5N5. The number of halogens is 6. The fourth-order valence-corrected chi connectivity index (χ4v) is 4.14. The average Bonchev–Trinajstić information content (AvgIpc) is 3.06. The molecule has 1 aromatic heterocycles. The Bertz CT molecular complexity index is 900. The first-order valence-electron chi connectivity index (χ1n) is 9.94. The Morgan fingerprint density at radius 2 is 1.68 bits per heavy atom. The second kappa shape index (κ2) is 8.64. The first-order chi connectivity index (χ1) is 14.7. The molecule has 1 unspecified atom stereocenters. The van der Waals surface area contributed by atoms with Crippen LogP contribution in [0, 0.1) is 0 Å². The number of aromatic nitrogens is 2. The van der Waals surface area contributed by atoms with Crippen molar-refractivity contribution in [3.05, 3.63) is 36.0 Å². The van der Waals surface area contributed by atoms with Crippen LogP contribution in [0.2, 0.25) is 0 Å². The lowest BCUT2D eigenvalue weighted by molar-refractivity contribution is -0.137. The minimum Gasteiger partial charge on any atom is -0.370 e. The number of hydrogen-bond donors (Lipinski definition) is 1. The van der Waals surface area contributed by atoms with Crippen molar-refractivity contribution in [3.63, 3.8) is 0 Å². The fourth-order valence-electron chi connectivity index (χ4n) is 3.82. The van der Waals surface area contributed by atoms with Gasteiger partial charge in [0.1, 0.15) is 11.4 Å². The number of nitrogens with zero attached hydrogens (tertiary/aromatic N) is 4. The van der Waals surface area contributed by atoms with E-state index in [2.05, 4.69) is 20.2 Å². The van der Waals surface area contributed by atoms with E-state index in [-0.39, 0.29) is 11.3 Å². The van der Waals surface area contributed by atoms with Crippen LogP contribution in [0.5, 0.6) is 0 Å². The molecule has 0 radical (unpaired) electrons. The molecule has 2 aliphatic rings. The van der Waals surface area contributed by atoms with E-state index in [0.29, 0.717) is 11.9 Å². The van der Waals surface area contributed by atoms with Gasteiger partial charge in [0, 0.05) is 30.7 Å². The Kier molecular flexibility index (Phi) is 6.09. The van der Waals surface area contributed by atoms with E-state index >= 15 is 0 Å². The van der Waals surface area contributed by atoms with Gasteiger partial charge < -0.3 is 15.1 Å². The molecular weight excluding hydrogens is 441 g/mol. The zero-order valence-corrected chi connectivity index (χ0v) is 17.2. The number of alkyl halides is 6. The van der Waals surface area contributed by atoms with Gasteiger partial charge in [-0.3, -0.25) is 0 Å². The topological polar surface area (TPSA) is 44.3 Å². The molecule has 3 heterocycles. The fraction of sp³-hybridized carbons (Fsp3) is 0.500. The summed E-state index contributed by atoms with van der Waals surface area (Å²) in [5.41, 5.74) is 0.433. The monoisotopic (exact) mass is 461 g/mol. The summed E-state index contributed by atoms with van der Waals surface area (Å²) < 4.78 is 67.3. The second-order valence-electron chi connectivity index (χ2n) is 7.72. The molecule has 168 valence electrons. The summed E-state index contributed by atoms with van der Waals surface area (Å²) >= 11 is 6.23. The van der Waals surface area contributed by atoms with Gasteiger partial charge >= 0.3 is 6.18 Å². The summed E-state index contributed by atoms with van der Waals surface area (Å²) in [6, 6.07) is 7.28. The van der Waals surface area contributed by atoms with Gasteiger partial charge in [-0.05, 0) is 37.1 Å². The second-order valence-corrected chi connectivity index (χ2v) is 8.34. The zero-order chi connectivity index (χ0) is 22.2. The molecule has 11 heteroatoms. The third kappa shape index (κ3) is 4.94. The number of hydrogen-bond acceptors (Lipinski definition) is 5. The lowest BCUT2D eigenvalue weighted by atomic mass is 10.1. The summed E-state index contributed by atoms with van der Waals surface area (Å²) in [7, 11) is 0. The minimum atomic E-state index is -4.75. The Morgan fingerprint density at radius 3 is 2.29 bits per heavy atom. The van der Waals surface area contributed by atoms with Crippen LogP contribution in [-0.4, -0.2) is 53.9 Å². The van der Waals surface area contributed by atoms with Crippen LogP contribution in [0.3, 0.4) is 0 Å². The standard InChI is InChI=1S/C20H21ClF5N5/c21-12-2-1-7-30(9-12)14-5-3-13(4-6-14)28-19-27-8-15(20(24,25)26)18(29-19)31-10-16(22)17(23)11-31/h3-6,8,12,16-17H,1-2,7,9-11H2,(H,27,28,29)/t12?,16-,17-/m0/s1. The molecule has 5 nitrogen and oxygen atoms in total. The average molecular weight is 462 g/mol. The van der Waals surface area contributed by atoms with E-state index in [0.717, 1.165) is 36.5 Å². The van der Waals surface area contributed by atoms with Crippen LogP contribution in [0.25, 0.3) is 0 Å². The molecule has 31 heavy (non-hydrogen) atoms. The van der Waals surface area contributed by atoms with Crippen molar-refractivity contribution < 1.29 is 22.0 Å². The molecule has 0 amide bonds. The van der Waals surface area contributed by atoms with Crippen LogP contribution in [0.4, 0.5) is 45.1 Å². The molecule has 0 bridgehead atoms. The van der Waals surface area contributed by atoms with E-state index in [4.69, 9.17) is 11.6 Å². The number of anilines is 4. The lowest BCUT2D eigenvalue weighted by Crippen LogP contribution is -2.35. The molecule has 0 aliphatic carbocycles. The summed E-state index contributed by atoms with van der Waals surface area (Å²) in [4.78, 5) is 10.8. The van der Waals surface area contributed by atoms with Gasteiger partial charge in [0.2, 0.25) is 5.95 Å². The van der Waals surface area contributed by atoms with E-state index in [1.165, 1.54) is 0 Å². The normalized spacial score (nSPS) is 24.5. The van der Waals surface area contributed by atoms with Crippen molar-refractivity contribution in [3.8, 4) is 0 Å². The molecule has 4 rings (SSSR count). The maximum atomic E-state index is 13.6. The van der Waals surface area contributed by atoms with Gasteiger partial charge in [0.15, 0.2) is 12.3 Å². The van der Waals surface area contributed by atoms with Gasteiger partial charge in [-0.25, -0.2) is 13.8 Å². The predicted octanol–water partition coefficient (Wildman–Crippen LogP) is 4.94. The summed E-state index contributed by atoms with van der Waals surface area (Å²) in [6.45, 7) is 0.669. The van der Waals surface area contributed by atoms with Gasteiger partial charge in [0.05, 0.1) is 18.5 Å². The maximum absolute atomic E-state index is 13.6. The van der Waals surface area contributed by atoms with E-state index in [9.17, 15) is 22.0 Å². The molecule has 2 aromatic rings. The Morgan fingerprint density at radius 1 is 1.00 bits per heavy atom. The molecule has 2 aliphatic heterocycles. The molecule has 3 atom stereocenters. The van der Waals surface area contributed by atoms with Crippen LogP contribution in [0.1, 0.15) is 18.4 Å². The predicted molar refractivity (Wildman–Crippen MR) is 110 cm³/mol. The number of rotatable bonds is 4. The summed E-state index contributed by atoms with van der Waals surface area (Å²) in [5.74, 6) is -0.627. The van der Waals surface area contributed by atoms with Crippen molar-refractivity contribution in [1.82, 2.24) is 9.97 Å². The lowest BCUT2D eigenvalue weighted by Gasteiger charge is -2.31. The molecule has 2 saturated heterocycles. The maximum Gasteiger partial charge on any atom is 0.421 e. The molecule has 1 aromatic carbocycles. The van der Waals surface area contributed by atoms with Crippen molar-refractivity contribution in [2.75, 3.05) is 41.3 Å². The highest BCUT2D eigenvalue weighted by molar-refractivity contribution is 6.21. The number of benzene rings is 1. The number of piperidine rings is 1. The van der Waals surface area contributed by atoms with Crippen molar-refractivity contribution in [2.24, 2.45) is 0 Å².